The van der Waals surface area contributed by atoms with E-state index in [1.54, 1.807) is 6.92 Å². The van der Waals surface area contributed by atoms with Crippen LogP contribution in [0.4, 0.5) is 0 Å². The molecule has 6 nitrogen and oxygen atoms in total. The molecule has 0 spiro atoms. The van der Waals surface area contributed by atoms with Gasteiger partial charge in [-0.3, -0.25) is 4.79 Å². The number of ether oxygens (including phenoxy) is 1. The number of carbonyl (C=O) groups is 2. The van der Waals surface area contributed by atoms with Crippen molar-refractivity contribution in [2.45, 2.75) is 19.4 Å². The lowest BCUT2D eigenvalue weighted by atomic mass is 10.0. The first kappa shape index (κ1) is 16.2. The first-order valence-corrected chi connectivity index (χ1v) is 8.39. The summed E-state index contributed by atoms with van der Waals surface area (Å²) in [4.78, 5) is 28.4. The highest BCUT2D eigenvalue weighted by atomic mass is 32.1. The fraction of sp³-hybridized carbons (Fsp3) is 0.235. The molecular formula is C17H16N2O4S. The first-order valence-electron chi connectivity index (χ1n) is 7.51. The van der Waals surface area contributed by atoms with Crippen molar-refractivity contribution in [2.24, 2.45) is 0 Å². The first-order chi connectivity index (χ1) is 11.6. The second-order valence-corrected chi connectivity index (χ2v) is 6.10. The minimum atomic E-state index is -0.810. The Balaban J connectivity index is 1.82. The number of amides is 1. The van der Waals surface area contributed by atoms with Crippen LogP contribution in [0.3, 0.4) is 0 Å². The van der Waals surface area contributed by atoms with E-state index in [9.17, 15) is 14.7 Å². The maximum absolute atomic E-state index is 12.1. The fourth-order valence-electron chi connectivity index (χ4n) is 2.46. The van der Waals surface area contributed by atoms with Crippen molar-refractivity contribution < 1.29 is 19.4 Å². The number of benzene rings is 1. The van der Waals surface area contributed by atoms with Crippen molar-refractivity contribution in [3.05, 3.63) is 52.1 Å². The SMILES string of the molecule is CCOC(=O)C1=C(O)CC(c2nc(-c3ccccc3)cs2)NC1=O. The molecule has 1 aromatic heterocycles. The smallest absolute Gasteiger partial charge is 0.347 e. The molecule has 1 unspecified atom stereocenters. The molecule has 1 amide bonds. The number of hydrogen-bond acceptors (Lipinski definition) is 6. The summed E-state index contributed by atoms with van der Waals surface area (Å²) >= 11 is 1.40. The van der Waals surface area contributed by atoms with Gasteiger partial charge in [-0.05, 0) is 6.92 Å². The highest BCUT2D eigenvalue weighted by Crippen LogP contribution is 2.31. The lowest BCUT2D eigenvalue weighted by molar-refractivity contribution is -0.141. The molecule has 0 saturated carbocycles. The predicted molar refractivity (Wildman–Crippen MR) is 89.3 cm³/mol. The van der Waals surface area contributed by atoms with E-state index in [0.717, 1.165) is 11.3 Å². The number of aliphatic hydroxyl groups excluding tert-OH is 1. The van der Waals surface area contributed by atoms with Crippen molar-refractivity contribution in [3.63, 3.8) is 0 Å². The monoisotopic (exact) mass is 344 g/mol. The van der Waals surface area contributed by atoms with E-state index in [1.807, 2.05) is 35.7 Å². The zero-order valence-electron chi connectivity index (χ0n) is 13.0. The molecule has 0 saturated heterocycles. The number of rotatable bonds is 4. The van der Waals surface area contributed by atoms with Gasteiger partial charge < -0.3 is 15.2 Å². The summed E-state index contributed by atoms with van der Waals surface area (Å²) in [7, 11) is 0. The Labute approximate surface area is 142 Å². The van der Waals surface area contributed by atoms with Crippen LogP contribution in [-0.4, -0.2) is 28.6 Å². The predicted octanol–water partition coefficient (Wildman–Crippen LogP) is 2.75. The second kappa shape index (κ2) is 6.84. The highest BCUT2D eigenvalue weighted by molar-refractivity contribution is 7.10. The molecule has 2 heterocycles. The Morgan fingerprint density at radius 2 is 2.17 bits per heavy atom. The topological polar surface area (TPSA) is 88.5 Å². The van der Waals surface area contributed by atoms with Gasteiger partial charge in [0.2, 0.25) is 0 Å². The Kier molecular flexibility index (Phi) is 4.61. The van der Waals surface area contributed by atoms with Crippen LogP contribution in [0.25, 0.3) is 11.3 Å². The molecular weight excluding hydrogens is 328 g/mol. The highest BCUT2D eigenvalue weighted by Gasteiger charge is 2.34. The van der Waals surface area contributed by atoms with Gasteiger partial charge in [0, 0.05) is 17.4 Å². The van der Waals surface area contributed by atoms with Crippen LogP contribution in [-0.2, 0) is 14.3 Å². The third-order valence-electron chi connectivity index (χ3n) is 3.59. The van der Waals surface area contributed by atoms with Crippen LogP contribution < -0.4 is 5.32 Å². The van der Waals surface area contributed by atoms with Crippen LogP contribution in [0.15, 0.2) is 47.0 Å². The Bertz CT molecular complexity index is 798. The van der Waals surface area contributed by atoms with Gasteiger partial charge in [0.05, 0.1) is 18.3 Å². The fourth-order valence-corrected chi connectivity index (χ4v) is 3.34. The molecule has 0 bridgehead atoms. The lowest BCUT2D eigenvalue weighted by Gasteiger charge is -2.22. The third kappa shape index (κ3) is 3.16. The van der Waals surface area contributed by atoms with Gasteiger partial charge in [-0.15, -0.1) is 11.3 Å². The number of thiazole rings is 1. The van der Waals surface area contributed by atoms with Crippen molar-refractivity contribution in [2.75, 3.05) is 6.61 Å². The van der Waals surface area contributed by atoms with E-state index in [-0.39, 0.29) is 24.4 Å². The van der Waals surface area contributed by atoms with Gasteiger partial charge >= 0.3 is 5.97 Å². The van der Waals surface area contributed by atoms with Crippen molar-refractivity contribution >= 4 is 23.2 Å². The second-order valence-electron chi connectivity index (χ2n) is 5.21. The molecule has 24 heavy (non-hydrogen) atoms. The summed E-state index contributed by atoms with van der Waals surface area (Å²) in [6.45, 7) is 1.78. The molecule has 1 aliphatic heterocycles. The summed E-state index contributed by atoms with van der Waals surface area (Å²) < 4.78 is 4.79. The van der Waals surface area contributed by atoms with Crippen LogP contribution in [0, 0.1) is 0 Å². The Morgan fingerprint density at radius 1 is 1.42 bits per heavy atom. The molecule has 0 fully saturated rings. The molecule has 124 valence electrons. The number of esters is 1. The summed E-state index contributed by atoms with van der Waals surface area (Å²) in [5, 5.41) is 15.4. The molecule has 1 aliphatic rings. The van der Waals surface area contributed by atoms with Crippen molar-refractivity contribution in [3.8, 4) is 11.3 Å². The lowest BCUT2D eigenvalue weighted by Crippen LogP contribution is -2.38. The maximum Gasteiger partial charge on any atom is 0.347 e. The zero-order valence-corrected chi connectivity index (χ0v) is 13.8. The molecule has 1 atom stereocenters. The van der Waals surface area contributed by atoms with Crippen molar-refractivity contribution in [1.82, 2.24) is 10.3 Å². The maximum atomic E-state index is 12.1. The molecule has 7 heteroatoms. The average Bonchev–Trinajstić information content (AvgIpc) is 3.05. The quantitative estimate of drug-likeness (QED) is 0.658. The van der Waals surface area contributed by atoms with Gasteiger partial charge in [-0.2, -0.15) is 0 Å². The van der Waals surface area contributed by atoms with E-state index in [4.69, 9.17) is 4.74 Å². The minimum absolute atomic E-state index is 0.113. The van der Waals surface area contributed by atoms with Crippen LogP contribution >= 0.6 is 11.3 Å². The summed E-state index contributed by atoms with van der Waals surface area (Å²) in [5.41, 5.74) is 1.46. The van der Waals surface area contributed by atoms with Gasteiger partial charge in [-0.1, -0.05) is 30.3 Å². The largest absolute Gasteiger partial charge is 0.511 e. The molecule has 3 rings (SSSR count). The normalized spacial score (nSPS) is 17.5. The average molecular weight is 344 g/mol. The van der Waals surface area contributed by atoms with E-state index in [2.05, 4.69) is 10.3 Å². The van der Waals surface area contributed by atoms with Crippen LogP contribution in [0.5, 0.6) is 0 Å². The number of aliphatic hydroxyl groups is 1. The van der Waals surface area contributed by atoms with Gasteiger partial charge in [-0.25, -0.2) is 9.78 Å². The Hall–Kier alpha value is -2.67. The molecule has 0 aliphatic carbocycles. The third-order valence-corrected chi connectivity index (χ3v) is 4.55. The van der Waals surface area contributed by atoms with Gasteiger partial charge in [0.15, 0.2) is 5.57 Å². The summed E-state index contributed by atoms with van der Waals surface area (Å²) in [6.07, 6.45) is 0.113. The van der Waals surface area contributed by atoms with E-state index in [1.165, 1.54) is 11.3 Å². The van der Waals surface area contributed by atoms with Crippen molar-refractivity contribution in [1.29, 1.82) is 0 Å². The van der Waals surface area contributed by atoms with E-state index in [0.29, 0.717) is 5.01 Å². The molecule has 1 aromatic carbocycles. The number of aromatic nitrogens is 1. The standard InChI is InChI=1S/C17H16N2O4S/c1-2-23-17(22)14-13(20)8-11(18-15(14)21)16-19-12(9-24-16)10-6-4-3-5-7-10/h3-7,9,11,20H,2,8H2,1H3,(H,18,21). The number of hydrogen-bond donors (Lipinski definition) is 2. The van der Waals surface area contributed by atoms with Crippen LogP contribution in [0.2, 0.25) is 0 Å². The molecule has 0 radical (unpaired) electrons. The number of nitrogens with one attached hydrogen (secondary N) is 1. The zero-order chi connectivity index (χ0) is 17.1. The number of nitrogens with zero attached hydrogens (tertiary/aromatic N) is 1. The Morgan fingerprint density at radius 3 is 2.83 bits per heavy atom. The van der Waals surface area contributed by atoms with Gasteiger partial charge in [0.25, 0.3) is 5.91 Å². The van der Waals surface area contributed by atoms with E-state index < -0.39 is 17.9 Å². The summed E-state index contributed by atoms with van der Waals surface area (Å²) in [6, 6.07) is 9.23. The number of carbonyl (C=O) groups excluding carboxylic acids is 2. The van der Waals surface area contributed by atoms with Crippen LogP contribution in [0.1, 0.15) is 24.4 Å². The molecule has 2 aromatic rings. The minimum Gasteiger partial charge on any atom is -0.511 e. The molecule has 2 N–H and O–H groups in total. The van der Waals surface area contributed by atoms with E-state index >= 15 is 0 Å². The summed E-state index contributed by atoms with van der Waals surface area (Å²) in [5.74, 6) is -1.72. The van der Waals surface area contributed by atoms with Gasteiger partial charge in [0.1, 0.15) is 10.8 Å².